The lowest BCUT2D eigenvalue weighted by molar-refractivity contribution is 0.0959. The van der Waals surface area contributed by atoms with Crippen LogP contribution in [-0.4, -0.2) is 5.78 Å². The molecule has 0 bridgehead atoms. The molecule has 1 atom stereocenters. The normalized spacial score (nSPS) is 17.5. The molecule has 3 rings (SSSR count). The molecule has 0 fully saturated rings. The molecular weight excluding hydrogens is 244 g/mol. The molecule has 1 aliphatic rings. The molecule has 0 saturated carbocycles. The van der Waals surface area contributed by atoms with Gasteiger partial charge >= 0.3 is 0 Å². The van der Waals surface area contributed by atoms with E-state index in [0.717, 1.165) is 12.8 Å². The van der Waals surface area contributed by atoms with Crippen molar-refractivity contribution in [3.63, 3.8) is 0 Å². The smallest absolute Gasteiger partial charge is 0.170 e. The van der Waals surface area contributed by atoms with Gasteiger partial charge in [-0.15, -0.1) is 0 Å². The number of ketones is 1. The predicted molar refractivity (Wildman–Crippen MR) is 73.3 cm³/mol. The van der Waals surface area contributed by atoms with E-state index >= 15 is 0 Å². The van der Waals surface area contributed by atoms with Crippen LogP contribution in [0.25, 0.3) is 0 Å². The Balaban J connectivity index is 1.96. The van der Waals surface area contributed by atoms with Gasteiger partial charge in [-0.25, -0.2) is 0 Å². The SMILES string of the molecule is O=C(c1cccc(Cl)c1)C1CCc2ccccc21. The summed E-state index contributed by atoms with van der Waals surface area (Å²) in [6, 6.07) is 15.4. The van der Waals surface area contributed by atoms with Crippen molar-refractivity contribution in [1.29, 1.82) is 0 Å². The first kappa shape index (κ1) is 11.5. The summed E-state index contributed by atoms with van der Waals surface area (Å²) in [6.45, 7) is 0. The topological polar surface area (TPSA) is 17.1 Å². The average Bonchev–Trinajstić information content (AvgIpc) is 2.82. The van der Waals surface area contributed by atoms with Crippen LogP contribution >= 0.6 is 11.6 Å². The number of hydrogen-bond acceptors (Lipinski definition) is 1. The van der Waals surface area contributed by atoms with Crippen molar-refractivity contribution in [3.8, 4) is 0 Å². The lowest BCUT2D eigenvalue weighted by atomic mass is 9.92. The van der Waals surface area contributed by atoms with Crippen LogP contribution in [0.3, 0.4) is 0 Å². The van der Waals surface area contributed by atoms with Crippen LogP contribution in [0.5, 0.6) is 0 Å². The fourth-order valence-corrected chi connectivity index (χ4v) is 2.86. The van der Waals surface area contributed by atoms with Crippen LogP contribution in [0.1, 0.15) is 33.8 Å². The highest BCUT2D eigenvalue weighted by molar-refractivity contribution is 6.31. The average molecular weight is 257 g/mol. The number of aryl methyl sites for hydroxylation is 1. The first-order valence-corrected chi connectivity index (χ1v) is 6.51. The Labute approximate surface area is 111 Å². The Morgan fingerprint density at radius 3 is 2.78 bits per heavy atom. The molecule has 2 aromatic carbocycles. The molecule has 0 N–H and O–H groups in total. The number of carbonyl (C=O) groups excluding carboxylic acids is 1. The summed E-state index contributed by atoms with van der Waals surface area (Å²) in [4.78, 5) is 12.5. The maximum Gasteiger partial charge on any atom is 0.170 e. The number of hydrogen-bond donors (Lipinski definition) is 0. The number of carbonyl (C=O) groups is 1. The van der Waals surface area contributed by atoms with E-state index in [1.165, 1.54) is 11.1 Å². The van der Waals surface area contributed by atoms with Gasteiger partial charge in [0.2, 0.25) is 0 Å². The highest BCUT2D eigenvalue weighted by Crippen LogP contribution is 2.35. The van der Waals surface area contributed by atoms with E-state index in [2.05, 4.69) is 12.1 Å². The summed E-state index contributed by atoms with van der Waals surface area (Å²) >= 11 is 5.94. The second-order valence-corrected chi connectivity index (χ2v) is 5.10. The third-order valence-corrected chi connectivity index (χ3v) is 3.79. The van der Waals surface area contributed by atoms with Crippen molar-refractivity contribution in [2.24, 2.45) is 0 Å². The monoisotopic (exact) mass is 256 g/mol. The zero-order valence-electron chi connectivity index (χ0n) is 9.90. The fraction of sp³-hybridized carbons (Fsp3) is 0.188. The zero-order chi connectivity index (χ0) is 12.5. The molecule has 0 aromatic heterocycles. The molecular formula is C16H13ClO. The Bertz CT molecular complexity index is 604. The summed E-state index contributed by atoms with van der Waals surface area (Å²) in [5.74, 6) is 0.183. The van der Waals surface area contributed by atoms with Crippen molar-refractivity contribution in [3.05, 3.63) is 70.2 Å². The lowest BCUT2D eigenvalue weighted by Crippen LogP contribution is -2.10. The molecule has 2 aromatic rings. The van der Waals surface area contributed by atoms with Gasteiger partial charge in [0, 0.05) is 16.5 Å². The standard InChI is InChI=1S/C16H13ClO/c17-13-6-3-5-12(10-13)16(18)15-9-8-11-4-1-2-7-14(11)15/h1-7,10,15H,8-9H2. The number of benzene rings is 2. The Hall–Kier alpha value is -1.60. The predicted octanol–water partition coefficient (Wildman–Crippen LogP) is 4.25. The van der Waals surface area contributed by atoms with Crippen molar-refractivity contribution in [2.75, 3.05) is 0 Å². The van der Waals surface area contributed by atoms with Gasteiger partial charge in [0.05, 0.1) is 0 Å². The third kappa shape index (κ3) is 1.95. The van der Waals surface area contributed by atoms with Gasteiger partial charge in [-0.2, -0.15) is 0 Å². The van der Waals surface area contributed by atoms with Crippen LogP contribution in [0, 0.1) is 0 Å². The number of Topliss-reactive ketones (excluding diaryl/α,β-unsaturated/α-hetero) is 1. The van der Waals surface area contributed by atoms with E-state index in [4.69, 9.17) is 11.6 Å². The first-order chi connectivity index (χ1) is 8.75. The molecule has 0 amide bonds. The highest BCUT2D eigenvalue weighted by Gasteiger charge is 2.28. The van der Waals surface area contributed by atoms with Crippen molar-refractivity contribution in [2.45, 2.75) is 18.8 Å². The van der Waals surface area contributed by atoms with E-state index in [1.807, 2.05) is 24.3 Å². The molecule has 0 radical (unpaired) electrons. The summed E-state index contributed by atoms with van der Waals surface area (Å²) in [5, 5.41) is 0.618. The summed E-state index contributed by atoms with van der Waals surface area (Å²) in [5.41, 5.74) is 3.20. The van der Waals surface area contributed by atoms with Gasteiger partial charge in [0.15, 0.2) is 5.78 Å². The third-order valence-electron chi connectivity index (χ3n) is 3.56. The first-order valence-electron chi connectivity index (χ1n) is 6.13. The van der Waals surface area contributed by atoms with Crippen LogP contribution in [0.15, 0.2) is 48.5 Å². The van der Waals surface area contributed by atoms with Crippen LogP contribution < -0.4 is 0 Å². The largest absolute Gasteiger partial charge is 0.293 e. The van der Waals surface area contributed by atoms with E-state index in [-0.39, 0.29) is 11.7 Å². The summed E-state index contributed by atoms with van der Waals surface area (Å²) in [6.07, 6.45) is 1.90. The Morgan fingerprint density at radius 2 is 1.94 bits per heavy atom. The molecule has 0 spiro atoms. The molecule has 0 aliphatic heterocycles. The number of fused-ring (bicyclic) bond motifs is 1. The van der Waals surface area contributed by atoms with Crippen molar-refractivity contribution in [1.82, 2.24) is 0 Å². The van der Waals surface area contributed by atoms with Crippen LogP contribution in [0.4, 0.5) is 0 Å². The molecule has 18 heavy (non-hydrogen) atoms. The van der Waals surface area contributed by atoms with E-state index in [1.54, 1.807) is 12.1 Å². The van der Waals surface area contributed by atoms with Crippen LogP contribution in [0.2, 0.25) is 5.02 Å². The summed E-state index contributed by atoms with van der Waals surface area (Å²) < 4.78 is 0. The number of halogens is 1. The Morgan fingerprint density at radius 1 is 1.11 bits per heavy atom. The molecule has 1 aliphatic carbocycles. The van der Waals surface area contributed by atoms with E-state index in [0.29, 0.717) is 10.6 Å². The maximum absolute atomic E-state index is 12.5. The highest BCUT2D eigenvalue weighted by atomic mass is 35.5. The second kappa shape index (κ2) is 4.58. The van der Waals surface area contributed by atoms with Gasteiger partial charge < -0.3 is 0 Å². The van der Waals surface area contributed by atoms with Gasteiger partial charge in [0.1, 0.15) is 0 Å². The molecule has 1 nitrogen and oxygen atoms in total. The number of rotatable bonds is 2. The Kier molecular flexibility index (Phi) is 2.92. The zero-order valence-corrected chi connectivity index (χ0v) is 10.7. The minimum absolute atomic E-state index is 0.000309. The molecule has 1 unspecified atom stereocenters. The molecule has 0 heterocycles. The van der Waals surface area contributed by atoms with Gasteiger partial charge in [-0.1, -0.05) is 48.0 Å². The van der Waals surface area contributed by atoms with Gasteiger partial charge in [-0.05, 0) is 36.1 Å². The van der Waals surface area contributed by atoms with Gasteiger partial charge in [0.25, 0.3) is 0 Å². The van der Waals surface area contributed by atoms with Crippen molar-refractivity contribution >= 4 is 17.4 Å². The molecule has 2 heteroatoms. The van der Waals surface area contributed by atoms with Gasteiger partial charge in [-0.3, -0.25) is 4.79 Å². The van der Waals surface area contributed by atoms with Crippen LogP contribution in [-0.2, 0) is 6.42 Å². The van der Waals surface area contributed by atoms with E-state index < -0.39 is 0 Å². The second-order valence-electron chi connectivity index (χ2n) is 4.66. The molecule has 90 valence electrons. The quantitative estimate of drug-likeness (QED) is 0.734. The molecule has 0 saturated heterocycles. The fourth-order valence-electron chi connectivity index (χ4n) is 2.67. The summed E-state index contributed by atoms with van der Waals surface area (Å²) in [7, 11) is 0. The van der Waals surface area contributed by atoms with Crippen molar-refractivity contribution < 1.29 is 4.79 Å². The maximum atomic E-state index is 12.5. The minimum Gasteiger partial charge on any atom is -0.293 e. The lowest BCUT2D eigenvalue weighted by Gasteiger charge is -2.10. The minimum atomic E-state index is -0.000309. The van der Waals surface area contributed by atoms with E-state index in [9.17, 15) is 4.79 Å².